The van der Waals surface area contributed by atoms with Crippen molar-refractivity contribution in [1.29, 1.82) is 0 Å². The molecule has 3 heterocycles. The number of thioether (sulfide) groups is 1. The second-order valence-electron chi connectivity index (χ2n) is 6.35. The third-order valence-corrected chi connectivity index (χ3v) is 6.51. The zero-order valence-electron chi connectivity index (χ0n) is 16.7. The minimum absolute atomic E-state index is 0.0277. The summed E-state index contributed by atoms with van der Waals surface area (Å²) in [7, 11) is 0. The van der Waals surface area contributed by atoms with Gasteiger partial charge >= 0.3 is 0 Å². The first-order valence-electron chi connectivity index (χ1n) is 9.62. The van der Waals surface area contributed by atoms with Crippen molar-refractivity contribution in [3.63, 3.8) is 0 Å². The van der Waals surface area contributed by atoms with E-state index in [1.165, 1.54) is 23.1 Å². The van der Waals surface area contributed by atoms with Crippen molar-refractivity contribution in [1.82, 2.24) is 24.6 Å². The van der Waals surface area contributed by atoms with Crippen molar-refractivity contribution < 1.29 is 9.21 Å². The number of hydrogen-bond acceptors (Lipinski definition) is 7. The average molecular weight is 440 g/mol. The van der Waals surface area contributed by atoms with E-state index in [-0.39, 0.29) is 5.91 Å². The number of hydrogen-bond donors (Lipinski definition) is 0. The minimum atomic E-state index is -0.0277. The summed E-state index contributed by atoms with van der Waals surface area (Å²) in [5.41, 5.74) is 1.45. The Bertz CT molecular complexity index is 1100. The molecule has 0 aliphatic carbocycles. The van der Waals surface area contributed by atoms with Gasteiger partial charge in [-0.15, -0.1) is 21.5 Å². The highest BCUT2D eigenvalue weighted by molar-refractivity contribution is 7.98. The molecule has 30 heavy (non-hydrogen) atoms. The predicted molar refractivity (Wildman–Crippen MR) is 118 cm³/mol. The lowest BCUT2D eigenvalue weighted by molar-refractivity contribution is 0.0768. The number of furan rings is 1. The summed E-state index contributed by atoms with van der Waals surface area (Å²) in [6.45, 7) is 5.29. The highest BCUT2D eigenvalue weighted by atomic mass is 32.2. The summed E-state index contributed by atoms with van der Waals surface area (Å²) < 4.78 is 7.52. The monoisotopic (exact) mass is 439 g/mol. The van der Waals surface area contributed by atoms with Crippen molar-refractivity contribution >= 4 is 29.0 Å². The molecule has 0 atom stereocenters. The van der Waals surface area contributed by atoms with Crippen molar-refractivity contribution in [2.45, 2.75) is 24.8 Å². The Kier molecular flexibility index (Phi) is 6.29. The second kappa shape index (κ2) is 9.27. The molecule has 7 nitrogen and oxygen atoms in total. The molecule has 1 amide bonds. The number of para-hydroxylation sites is 1. The summed E-state index contributed by atoms with van der Waals surface area (Å²) in [5.74, 6) is 1.86. The van der Waals surface area contributed by atoms with Gasteiger partial charge in [-0.1, -0.05) is 30.0 Å². The summed E-state index contributed by atoms with van der Waals surface area (Å²) >= 11 is 3.02. The smallest absolute Gasteiger partial charge is 0.273 e. The lowest BCUT2D eigenvalue weighted by atomic mass is 10.3. The van der Waals surface area contributed by atoms with Crippen molar-refractivity contribution in [3.8, 4) is 17.3 Å². The van der Waals surface area contributed by atoms with Crippen molar-refractivity contribution in [3.05, 3.63) is 64.8 Å². The molecule has 0 saturated heterocycles. The van der Waals surface area contributed by atoms with E-state index in [2.05, 4.69) is 15.2 Å². The van der Waals surface area contributed by atoms with Gasteiger partial charge in [-0.05, 0) is 38.1 Å². The maximum absolute atomic E-state index is 12.5. The third-order valence-electron chi connectivity index (χ3n) is 4.54. The molecule has 0 aliphatic rings. The highest BCUT2D eigenvalue weighted by Crippen LogP contribution is 2.30. The third kappa shape index (κ3) is 4.17. The van der Waals surface area contributed by atoms with Crippen LogP contribution in [0.4, 0.5) is 0 Å². The number of carbonyl (C=O) groups excluding carboxylic acids is 1. The van der Waals surface area contributed by atoms with Gasteiger partial charge in [-0.25, -0.2) is 4.98 Å². The number of rotatable bonds is 8. The van der Waals surface area contributed by atoms with Crippen LogP contribution in [0.3, 0.4) is 0 Å². The van der Waals surface area contributed by atoms with E-state index in [9.17, 15) is 4.79 Å². The normalized spacial score (nSPS) is 11.0. The standard InChI is InChI=1S/C21H21N5O2S2/c1-3-25(4-2)20(27)16-13-29-18(22-16)14-30-21-24-23-19(17-11-8-12-28-17)26(21)15-9-6-5-7-10-15/h5-13H,3-4,14H2,1-2H3. The number of benzene rings is 1. The van der Waals surface area contributed by atoms with Gasteiger partial charge < -0.3 is 9.32 Å². The topological polar surface area (TPSA) is 77.0 Å². The Morgan fingerprint density at radius 3 is 2.63 bits per heavy atom. The average Bonchev–Trinajstić information content (AvgIpc) is 3.54. The lowest BCUT2D eigenvalue weighted by Gasteiger charge is -2.16. The van der Waals surface area contributed by atoms with Gasteiger partial charge in [-0.3, -0.25) is 9.36 Å². The second-order valence-corrected chi connectivity index (χ2v) is 8.23. The molecule has 0 radical (unpaired) electrons. The summed E-state index contributed by atoms with van der Waals surface area (Å²) in [5, 5.41) is 12.2. The highest BCUT2D eigenvalue weighted by Gasteiger charge is 2.20. The zero-order chi connectivity index (χ0) is 20.9. The number of carbonyl (C=O) groups is 1. The molecule has 0 saturated carbocycles. The van der Waals surface area contributed by atoms with Gasteiger partial charge in [0.25, 0.3) is 5.91 Å². The first kappa shape index (κ1) is 20.4. The SMILES string of the molecule is CCN(CC)C(=O)c1csc(CSc2nnc(-c3ccco3)n2-c2ccccc2)n1. The summed E-state index contributed by atoms with van der Waals surface area (Å²) in [6, 6.07) is 13.6. The fraction of sp³-hybridized carbons (Fsp3) is 0.238. The Labute approximate surface area is 182 Å². The molecular formula is C21H21N5O2S2. The van der Waals surface area contributed by atoms with Crippen molar-refractivity contribution in [2.75, 3.05) is 13.1 Å². The molecule has 4 aromatic rings. The molecule has 0 spiro atoms. The fourth-order valence-corrected chi connectivity index (χ4v) is 4.75. The molecule has 0 aliphatic heterocycles. The molecule has 154 valence electrons. The quantitative estimate of drug-likeness (QED) is 0.369. The van der Waals surface area contributed by atoms with E-state index in [1.54, 1.807) is 11.2 Å². The van der Waals surface area contributed by atoms with Gasteiger partial charge in [0, 0.05) is 24.2 Å². The molecule has 1 aromatic carbocycles. The summed E-state index contributed by atoms with van der Waals surface area (Å²) in [4.78, 5) is 18.8. The van der Waals surface area contributed by atoms with Gasteiger partial charge in [0.15, 0.2) is 10.9 Å². The van der Waals surface area contributed by atoms with Crippen LogP contribution in [-0.4, -0.2) is 43.6 Å². The van der Waals surface area contributed by atoms with Crippen LogP contribution in [0.1, 0.15) is 29.3 Å². The molecule has 3 aromatic heterocycles. The molecule has 0 fully saturated rings. The van der Waals surface area contributed by atoms with E-state index in [4.69, 9.17) is 4.42 Å². The summed E-state index contributed by atoms with van der Waals surface area (Å²) in [6.07, 6.45) is 1.62. The van der Waals surface area contributed by atoms with Gasteiger partial charge in [0.1, 0.15) is 10.7 Å². The predicted octanol–water partition coefficient (Wildman–Crippen LogP) is 4.76. The van der Waals surface area contributed by atoms with Crippen LogP contribution in [0.2, 0.25) is 0 Å². The van der Waals surface area contributed by atoms with E-state index in [0.717, 1.165) is 15.9 Å². The Morgan fingerprint density at radius 1 is 1.13 bits per heavy atom. The van der Waals surface area contributed by atoms with Crippen LogP contribution in [0.25, 0.3) is 17.3 Å². The largest absolute Gasteiger partial charge is 0.461 e. The van der Waals surface area contributed by atoms with E-state index >= 15 is 0 Å². The maximum Gasteiger partial charge on any atom is 0.273 e. The van der Waals surface area contributed by atoms with Crippen LogP contribution in [0.5, 0.6) is 0 Å². The van der Waals surface area contributed by atoms with Crippen LogP contribution >= 0.6 is 23.1 Å². The Morgan fingerprint density at radius 2 is 1.93 bits per heavy atom. The van der Waals surface area contributed by atoms with Crippen LogP contribution in [0, 0.1) is 0 Å². The molecule has 0 bridgehead atoms. The van der Waals surface area contributed by atoms with Gasteiger partial charge in [0.2, 0.25) is 5.82 Å². The molecule has 4 rings (SSSR count). The van der Waals surface area contributed by atoms with E-state index in [1.807, 2.05) is 66.3 Å². The van der Waals surface area contributed by atoms with Gasteiger partial charge in [-0.2, -0.15) is 0 Å². The number of aromatic nitrogens is 4. The number of nitrogens with zero attached hydrogens (tertiary/aromatic N) is 5. The Balaban J connectivity index is 1.57. The number of thiazole rings is 1. The number of amides is 1. The minimum Gasteiger partial charge on any atom is -0.461 e. The molecular weight excluding hydrogens is 418 g/mol. The fourth-order valence-electron chi connectivity index (χ4n) is 3.01. The molecule has 0 N–H and O–H groups in total. The molecule has 9 heteroatoms. The first-order chi connectivity index (χ1) is 14.7. The van der Waals surface area contributed by atoms with Crippen LogP contribution in [-0.2, 0) is 5.75 Å². The zero-order valence-corrected chi connectivity index (χ0v) is 18.3. The van der Waals surface area contributed by atoms with Crippen LogP contribution < -0.4 is 0 Å². The Hall–Kier alpha value is -2.91. The van der Waals surface area contributed by atoms with Crippen LogP contribution in [0.15, 0.2) is 63.7 Å². The maximum atomic E-state index is 12.5. The van der Waals surface area contributed by atoms with E-state index in [0.29, 0.717) is 36.1 Å². The first-order valence-corrected chi connectivity index (χ1v) is 11.5. The molecule has 0 unspecified atom stereocenters. The van der Waals surface area contributed by atoms with E-state index < -0.39 is 0 Å². The van der Waals surface area contributed by atoms with Gasteiger partial charge in [0.05, 0.1) is 12.0 Å². The van der Waals surface area contributed by atoms with Crippen molar-refractivity contribution in [2.24, 2.45) is 0 Å². The lowest BCUT2D eigenvalue weighted by Crippen LogP contribution is -2.30.